The average Bonchev–Trinajstić information content (AvgIpc) is 3.20. The number of para-hydroxylation sites is 1. The van der Waals surface area contributed by atoms with Crippen molar-refractivity contribution >= 4 is 23.1 Å². The van der Waals surface area contributed by atoms with Gasteiger partial charge < -0.3 is 10.6 Å². The van der Waals surface area contributed by atoms with Crippen molar-refractivity contribution in [2.75, 3.05) is 11.9 Å². The molecule has 2 N–H and O–H groups in total. The van der Waals surface area contributed by atoms with E-state index in [2.05, 4.69) is 22.1 Å². The zero-order valence-corrected chi connectivity index (χ0v) is 13.4. The molecule has 1 heterocycles. The topological polar surface area (TPSA) is 41.1 Å². The number of benzene rings is 1. The molecule has 1 saturated carbocycles. The van der Waals surface area contributed by atoms with E-state index in [0.29, 0.717) is 6.54 Å². The number of hydrogen-bond donors (Lipinski definition) is 2. The molecular weight excluding hydrogens is 318 g/mol. The normalized spacial score (nSPS) is 16.3. The summed E-state index contributed by atoms with van der Waals surface area (Å²) in [7, 11) is 0. The van der Waals surface area contributed by atoms with Crippen molar-refractivity contribution in [3.8, 4) is 0 Å². The van der Waals surface area contributed by atoms with Gasteiger partial charge in [0.05, 0.1) is 0 Å². The summed E-state index contributed by atoms with van der Waals surface area (Å²) in [6.07, 6.45) is 4.28. The predicted molar refractivity (Wildman–Crippen MR) is 87.8 cm³/mol. The first-order chi connectivity index (χ1) is 11.1. The molecule has 2 aromatic rings. The number of amides is 2. The molecule has 122 valence electrons. The Kier molecular flexibility index (Phi) is 4.61. The van der Waals surface area contributed by atoms with E-state index < -0.39 is 23.4 Å². The molecule has 0 radical (unpaired) electrons. The van der Waals surface area contributed by atoms with Crippen molar-refractivity contribution in [2.24, 2.45) is 0 Å². The van der Waals surface area contributed by atoms with Crippen molar-refractivity contribution in [1.29, 1.82) is 0 Å². The van der Waals surface area contributed by atoms with Gasteiger partial charge in [-0.15, -0.1) is 0 Å². The Labute approximate surface area is 137 Å². The van der Waals surface area contributed by atoms with Crippen molar-refractivity contribution in [2.45, 2.75) is 31.1 Å². The van der Waals surface area contributed by atoms with E-state index in [0.717, 1.165) is 37.8 Å². The zero-order chi connectivity index (χ0) is 16.3. The van der Waals surface area contributed by atoms with Gasteiger partial charge in [-0.2, -0.15) is 11.3 Å². The molecule has 1 aromatic heterocycles. The zero-order valence-electron chi connectivity index (χ0n) is 12.6. The molecule has 1 aliphatic rings. The van der Waals surface area contributed by atoms with Crippen molar-refractivity contribution in [3.63, 3.8) is 0 Å². The van der Waals surface area contributed by atoms with Crippen LogP contribution in [0.25, 0.3) is 0 Å². The fraction of sp³-hybridized carbons (Fsp3) is 0.353. The second kappa shape index (κ2) is 6.66. The van der Waals surface area contributed by atoms with Crippen LogP contribution < -0.4 is 10.6 Å². The number of urea groups is 1. The number of carbonyl (C=O) groups excluding carboxylic acids is 1. The lowest BCUT2D eigenvalue weighted by Crippen LogP contribution is -2.40. The van der Waals surface area contributed by atoms with E-state index in [1.54, 1.807) is 11.3 Å². The lowest BCUT2D eigenvalue weighted by Gasteiger charge is -2.28. The van der Waals surface area contributed by atoms with E-state index in [9.17, 15) is 13.6 Å². The summed E-state index contributed by atoms with van der Waals surface area (Å²) in [4.78, 5) is 12.0. The maximum atomic E-state index is 13.6. The number of thiophene rings is 1. The van der Waals surface area contributed by atoms with Crippen LogP contribution in [0.15, 0.2) is 35.0 Å². The Bertz CT molecular complexity index is 662. The van der Waals surface area contributed by atoms with E-state index in [4.69, 9.17) is 0 Å². The average molecular weight is 336 g/mol. The summed E-state index contributed by atoms with van der Waals surface area (Å²) in [5, 5.41) is 9.19. The summed E-state index contributed by atoms with van der Waals surface area (Å²) < 4.78 is 27.1. The molecule has 0 unspecified atom stereocenters. The number of nitrogens with one attached hydrogen (secondary N) is 2. The van der Waals surface area contributed by atoms with Crippen molar-refractivity contribution in [3.05, 3.63) is 52.2 Å². The third-order valence-electron chi connectivity index (χ3n) is 4.48. The first-order valence-electron chi connectivity index (χ1n) is 7.62. The molecule has 0 aliphatic heterocycles. The summed E-state index contributed by atoms with van der Waals surface area (Å²) in [6.45, 7) is 0.464. The number of hydrogen-bond acceptors (Lipinski definition) is 2. The Morgan fingerprint density at radius 2 is 1.87 bits per heavy atom. The summed E-state index contributed by atoms with van der Waals surface area (Å²) in [5.74, 6) is -1.57. The van der Waals surface area contributed by atoms with Crippen LogP contribution >= 0.6 is 11.3 Å². The molecule has 0 bridgehead atoms. The molecule has 0 atom stereocenters. The minimum Gasteiger partial charge on any atom is -0.337 e. The Morgan fingerprint density at radius 1 is 1.17 bits per heavy atom. The highest BCUT2D eigenvalue weighted by Gasteiger charge is 2.36. The van der Waals surface area contributed by atoms with E-state index in [-0.39, 0.29) is 5.41 Å². The SMILES string of the molecule is O=C(NCC1(c2ccsc2)CCCC1)Nc1c(F)cccc1F. The van der Waals surface area contributed by atoms with Crippen LogP contribution in [0.4, 0.5) is 19.3 Å². The van der Waals surface area contributed by atoms with Gasteiger partial charge in [0.25, 0.3) is 0 Å². The highest BCUT2D eigenvalue weighted by atomic mass is 32.1. The number of carbonyl (C=O) groups is 1. The highest BCUT2D eigenvalue weighted by molar-refractivity contribution is 7.08. The van der Waals surface area contributed by atoms with Gasteiger partial charge in [0.2, 0.25) is 0 Å². The molecule has 1 fully saturated rings. The van der Waals surface area contributed by atoms with Crippen LogP contribution in [0.5, 0.6) is 0 Å². The monoisotopic (exact) mass is 336 g/mol. The molecule has 6 heteroatoms. The van der Waals surface area contributed by atoms with Gasteiger partial charge >= 0.3 is 6.03 Å². The Balaban J connectivity index is 1.66. The van der Waals surface area contributed by atoms with Crippen LogP contribution in [0, 0.1) is 11.6 Å². The second-order valence-corrected chi connectivity index (χ2v) is 6.68. The van der Waals surface area contributed by atoms with E-state index in [1.807, 2.05) is 5.38 Å². The van der Waals surface area contributed by atoms with Crippen molar-refractivity contribution in [1.82, 2.24) is 5.32 Å². The summed E-state index contributed by atoms with van der Waals surface area (Å²) >= 11 is 1.64. The van der Waals surface area contributed by atoms with Gasteiger partial charge in [0, 0.05) is 12.0 Å². The van der Waals surface area contributed by atoms with Crippen LogP contribution in [-0.2, 0) is 5.41 Å². The molecular formula is C17H18F2N2OS. The number of halogens is 2. The van der Waals surface area contributed by atoms with Gasteiger partial charge in [-0.3, -0.25) is 0 Å². The molecule has 3 nitrogen and oxygen atoms in total. The predicted octanol–water partition coefficient (Wildman–Crippen LogP) is 4.66. The number of rotatable bonds is 4. The molecule has 1 aromatic carbocycles. The van der Waals surface area contributed by atoms with Gasteiger partial charge in [0.1, 0.15) is 17.3 Å². The lowest BCUT2D eigenvalue weighted by atomic mass is 9.80. The van der Waals surface area contributed by atoms with Gasteiger partial charge in [-0.05, 0) is 47.4 Å². The van der Waals surface area contributed by atoms with Crippen LogP contribution in [0.1, 0.15) is 31.2 Å². The Morgan fingerprint density at radius 3 is 2.48 bits per heavy atom. The quantitative estimate of drug-likeness (QED) is 0.838. The molecule has 23 heavy (non-hydrogen) atoms. The number of anilines is 1. The fourth-order valence-electron chi connectivity index (χ4n) is 3.21. The van der Waals surface area contributed by atoms with Crippen LogP contribution in [0.3, 0.4) is 0 Å². The fourth-order valence-corrected chi connectivity index (χ4v) is 3.99. The molecule has 0 spiro atoms. The minimum atomic E-state index is -0.784. The summed E-state index contributed by atoms with van der Waals surface area (Å²) in [5.41, 5.74) is 0.754. The molecule has 0 saturated heterocycles. The lowest BCUT2D eigenvalue weighted by molar-refractivity contribution is 0.248. The minimum absolute atomic E-state index is 0.0644. The smallest absolute Gasteiger partial charge is 0.319 e. The van der Waals surface area contributed by atoms with Gasteiger partial charge in [-0.25, -0.2) is 13.6 Å². The van der Waals surface area contributed by atoms with Crippen LogP contribution in [-0.4, -0.2) is 12.6 Å². The van der Waals surface area contributed by atoms with Crippen molar-refractivity contribution < 1.29 is 13.6 Å². The Hall–Kier alpha value is -1.95. The standard InChI is InChI=1S/C17H18F2N2OS/c18-13-4-3-5-14(19)15(13)21-16(22)20-11-17(7-1-2-8-17)12-6-9-23-10-12/h3-6,9-10H,1-2,7-8,11H2,(H2,20,21,22). The van der Waals surface area contributed by atoms with Crippen LogP contribution in [0.2, 0.25) is 0 Å². The first-order valence-corrected chi connectivity index (χ1v) is 8.57. The molecule has 3 rings (SSSR count). The third-order valence-corrected chi connectivity index (χ3v) is 5.17. The second-order valence-electron chi connectivity index (χ2n) is 5.90. The maximum Gasteiger partial charge on any atom is 0.319 e. The highest BCUT2D eigenvalue weighted by Crippen LogP contribution is 2.41. The van der Waals surface area contributed by atoms with E-state index >= 15 is 0 Å². The van der Waals surface area contributed by atoms with E-state index in [1.165, 1.54) is 11.6 Å². The largest absolute Gasteiger partial charge is 0.337 e. The summed E-state index contributed by atoms with van der Waals surface area (Å²) in [6, 6.07) is 4.99. The third kappa shape index (κ3) is 3.37. The maximum absolute atomic E-state index is 13.6. The molecule has 1 aliphatic carbocycles. The van der Waals surface area contributed by atoms with Gasteiger partial charge in [0.15, 0.2) is 0 Å². The molecule has 2 amide bonds. The van der Waals surface area contributed by atoms with Gasteiger partial charge in [-0.1, -0.05) is 18.9 Å². The first kappa shape index (κ1) is 15.9.